The maximum atomic E-state index is 12.7. The van der Waals surface area contributed by atoms with Crippen LogP contribution in [-0.2, 0) is 28.5 Å². The molecule has 0 heterocycles. The van der Waals surface area contributed by atoms with Gasteiger partial charge in [-0.1, -0.05) is 13.8 Å². The van der Waals surface area contributed by atoms with Crippen LogP contribution >= 0.6 is 0 Å². The molecule has 0 aliphatic carbocycles. The lowest BCUT2D eigenvalue weighted by Gasteiger charge is -2.43. The van der Waals surface area contributed by atoms with Crippen molar-refractivity contribution in [1.82, 2.24) is 0 Å². The highest BCUT2D eigenvalue weighted by molar-refractivity contribution is 5.92. The number of esters is 2. The van der Waals surface area contributed by atoms with Crippen LogP contribution in [0.4, 0.5) is 0 Å². The topological polar surface area (TPSA) is 71.1 Å². The molecule has 0 amide bonds. The Labute approximate surface area is 146 Å². The summed E-state index contributed by atoms with van der Waals surface area (Å²) in [4.78, 5) is 25.5. The van der Waals surface area contributed by atoms with E-state index in [9.17, 15) is 9.59 Å². The molecule has 0 aromatic heterocycles. The third-order valence-electron chi connectivity index (χ3n) is 3.51. The van der Waals surface area contributed by atoms with E-state index in [1.54, 1.807) is 27.7 Å². The summed E-state index contributed by atoms with van der Waals surface area (Å²) in [6.45, 7) is 14.5. The maximum Gasteiger partial charge on any atom is 0.341 e. The molecule has 24 heavy (non-hydrogen) atoms. The van der Waals surface area contributed by atoms with Gasteiger partial charge in [-0.05, 0) is 54.4 Å². The molecule has 0 radical (unpaired) electrons. The van der Waals surface area contributed by atoms with Gasteiger partial charge >= 0.3 is 11.9 Å². The normalized spacial score (nSPS) is 16.6. The molecule has 0 spiro atoms. The van der Waals surface area contributed by atoms with Crippen molar-refractivity contribution in [3.05, 3.63) is 0 Å². The van der Waals surface area contributed by atoms with Crippen molar-refractivity contribution in [3.8, 4) is 0 Å². The lowest BCUT2D eigenvalue weighted by atomic mass is 9.84. The van der Waals surface area contributed by atoms with E-state index >= 15 is 0 Å². The molecule has 0 rings (SSSR count). The minimum Gasteiger partial charge on any atom is -0.463 e. The maximum absolute atomic E-state index is 12.7. The van der Waals surface area contributed by atoms with E-state index in [1.807, 2.05) is 13.8 Å². The highest BCUT2D eigenvalue weighted by Crippen LogP contribution is 2.35. The SMILES string of the molecule is CCCOC(=O)C(C)(OC(C)C)C(C)(OC(C)C)C(=O)OCCC. The lowest BCUT2D eigenvalue weighted by Crippen LogP contribution is -2.65. The van der Waals surface area contributed by atoms with Gasteiger partial charge in [0.1, 0.15) is 0 Å². The Balaban J connectivity index is 5.87. The van der Waals surface area contributed by atoms with Crippen LogP contribution in [0.3, 0.4) is 0 Å². The molecule has 142 valence electrons. The van der Waals surface area contributed by atoms with E-state index < -0.39 is 23.1 Å². The molecule has 2 atom stereocenters. The van der Waals surface area contributed by atoms with Gasteiger partial charge in [-0.3, -0.25) is 0 Å². The molecule has 0 aliphatic rings. The van der Waals surface area contributed by atoms with E-state index in [2.05, 4.69) is 0 Å². The van der Waals surface area contributed by atoms with E-state index in [4.69, 9.17) is 18.9 Å². The monoisotopic (exact) mass is 346 g/mol. The molecule has 0 aromatic carbocycles. The van der Waals surface area contributed by atoms with Crippen LogP contribution in [0.5, 0.6) is 0 Å². The Bertz CT molecular complexity index is 368. The van der Waals surface area contributed by atoms with Gasteiger partial charge in [0.25, 0.3) is 0 Å². The average molecular weight is 346 g/mol. The molecular formula is C18H34O6. The zero-order valence-corrected chi connectivity index (χ0v) is 16.4. The summed E-state index contributed by atoms with van der Waals surface area (Å²) in [5.41, 5.74) is -3.24. The predicted molar refractivity (Wildman–Crippen MR) is 91.8 cm³/mol. The molecular weight excluding hydrogens is 312 g/mol. The summed E-state index contributed by atoms with van der Waals surface area (Å²) >= 11 is 0. The Kier molecular flexibility index (Phi) is 9.51. The number of rotatable bonds is 11. The van der Waals surface area contributed by atoms with Gasteiger partial charge < -0.3 is 18.9 Å². The zero-order valence-electron chi connectivity index (χ0n) is 16.4. The second-order valence-corrected chi connectivity index (χ2v) is 6.67. The molecule has 6 heteroatoms. The summed E-state index contributed by atoms with van der Waals surface area (Å²) in [6.07, 6.45) is 0.730. The highest BCUT2D eigenvalue weighted by atomic mass is 16.6. The molecule has 0 bridgehead atoms. The molecule has 6 nitrogen and oxygen atoms in total. The number of ether oxygens (including phenoxy) is 4. The summed E-state index contributed by atoms with van der Waals surface area (Å²) < 4.78 is 22.3. The Morgan fingerprint density at radius 3 is 1.25 bits per heavy atom. The molecule has 0 saturated carbocycles. The molecule has 0 aliphatic heterocycles. The Hall–Kier alpha value is -1.14. The molecule has 0 saturated heterocycles. The molecule has 0 fully saturated rings. The first-order valence-corrected chi connectivity index (χ1v) is 8.75. The first kappa shape index (κ1) is 22.9. The fraction of sp³-hybridized carbons (Fsp3) is 0.889. The van der Waals surface area contributed by atoms with Crippen molar-refractivity contribution < 1.29 is 28.5 Å². The van der Waals surface area contributed by atoms with Crippen molar-refractivity contribution in [2.45, 2.75) is 91.6 Å². The van der Waals surface area contributed by atoms with Crippen molar-refractivity contribution in [2.75, 3.05) is 13.2 Å². The van der Waals surface area contributed by atoms with Crippen molar-refractivity contribution in [3.63, 3.8) is 0 Å². The van der Waals surface area contributed by atoms with Gasteiger partial charge in [0.2, 0.25) is 11.2 Å². The van der Waals surface area contributed by atoms with Crippen LogP contribution in [0.2, 0.25) is 0 Å². The third-order valence-corrected chi connectivity index (χ3v) is 3.51. The van der Waals surface area contributed by atoms with Gasteiger partial charge in [0.15, 0.2) is 0 Å². The quantitative estimate of drug-likeness (QED) is 0.535. The standard InChI is InChI=1S/C18H34O6/c1-9-11-21-15(19)17(7,23-13(3)4)18(8,24-14(5)6)16(20)22-12-10-2/h13-14H,9-12H2,1-8H3. The summed E-state index contributed by atoms with van der Waals surface area (Å²) in [5, 5.41) is 0. The van der Waals surface area contributed by atoms with E-state index in [1.165, 1.54) is 13.8 Å². The number of hydrogen-bond donors (Lipinski definition) is 0. The third kappa shape index (κ3) is 5.74. The highest BCUT2D eigenvalue weighted by Gasteiger charge is 2.60. The molecule has 2 unspecified atom stereocenters. The second-order valence-electron chi connectivity index (χ2n) is 6.67. The summed E-state index contributed by atoms with van der Waals surface area (Å²) in [5.74, 6) is -1.26. The smallest absolute Gasteiger partial charge is 0.341 e. The predicted octanol–water partition coefficient (Wildman–Crippen LogP) is 3.26. The lowest BCUT2D eigenvalue weighted by molar-refractivity contribution is -0.241. The van der Waals surface area contributed by atoms with Crippen LogP contribution in [0.15, 0.2) is 0 Å². The fourth-order valence-corrected chi connectivity index (χ4v) is 2.32. The van der Waals surface area contributed by atoms with Gasteiger partial charge in [-0.15, -0.1) is 0 Å². The molecule has 0 aromatic rings. The van der Waals surface area contributed by atoms with Crippen LogP contribution in [0.1, 0.15) is 68.2 Å². The summed E-state index contributed by atoms with van der Waals surface area (Å²) in [7, 11) is 0. The van der Waals surface area contributed by atoms with Crippen molar-refractivity contribution in [2.24, 2.45) is 0 Å². The van der Waals surface area contributed by atoms with Gasteiger partial charge in [-0.2, -0.15) is 0 Å². The minimum absolute atomic E-state index is 0.248. The first-order valence-electron chi connectivity index (χ1n) is 8.75. The van der Waals surface area contributed by atoms with E-state index in [-0.39, 0.29) is 25.4 Å². The second kappa shape index (κ2) is 9.99. The zero-order chi connectivity index (χ0) is 19.0. The fourth-order valence-electron chi connectivity index (χ4n) is 2.32. The van der Waals surface area contributed by atoms with Crippen LogP contribution < -0.4 is 0 Å². The average Bonchev–Trinajstić information content (AvgIpc) is 2.48. The number of carbonyl (C=O) groups is 2. The van der Waals surface area contributed by atoms with Crippen LogP contribution in [-0.4, -0.2) is 48.6 Å². The first-order chi connectivity index (χ1) is 11.0. The Morgan fingerprint density at radius 1 is 0.750 bits per heavy atom. The number of hydrogen-bond acceptors (Lipinski definition) is 6. The molecule has 0 N–H and O–H groups in total. The largest absolute Gasteiger partial charge is 0.463 e. The van der Waals surface area contributed by atoms with Crippen LogP contribution in [0, 0.1) is 0 Å². The van der Waals surface area contributed by atoms with Crippen molar-refractivity contribution >= 4 is 11.9 Å². The van der Waals surface area contributed by atoms with Gasteiger partial charge in [0, 0.05) is 0 Å². The van der Waals surface area contributed by atoms with Gasteiger partial charge in [-0.25, -0.2) is 9.59 Å². The summed E-state index contributed by atoms with van der Waals surface area (Å²) in [6, 6.07) is 0. The number of carbonyl (C=O) groups excluding carboxylic acids is 2. The van der Waals surface area contributed by atoms with Gasteiger partial charge in [0.05, 0.1) is 25.4 Å². The van der Waals surface area contributed by atoms with Crippen molar-refractivity contribution in [1.29, 1.82) is 0 Å². The Morgan fingerprint density at radius 2 is 1.04 bits per heavy atom. The van der Waals surface area contributed by atoms with E-state index in [0.29, 0.717) is 12.8 Å². The van der Waals surface area contributed by atoms with Crippen LogP contribution in [0.25, 0.3) is 0 Å². The van der Waals surface area contributed by atoms with E-state index in [0.717, 1.165) is 0 Å². The minimum atomic E-state index is -1.62.